The Morgan fingerprint density at radius 3 is 2.53 bits per heavy atom. The number of hydrogen-bond acceptors (Lipinski definition) is 3. The van der Waals surface area contributed by atoms with E-state index in [1.165, 1.54) is 12.8 Å². The lowest BCUT2D eigenvalue weighted by Crippen LogP contribution is -2.44. The molecule has 4 nitrogen and oxygen atoms in total. The molecule has 19 heavy (non-hydrogen) atoms. The smallest absolute Gasteiger partial charge is 0.138 e. The fourth-order valence-electron chi connectivity index (χ4n) is 2.70. The molecular formula is C15H28N4. The largest absolute Gasteiger partial charge is 0.312 e. The Balaban J connectivity index is 1.88. The van der Waals surface area contributed by atoms with Crippen LogP contribution in [0.15, 0.2) is 6.33 Å². The zero-order chi connectivity index (χ0) is 14.0. The van der Waals surface area contributed by atoms with Gasteiger partial charge >= 0.3 is 0 Å². The molecule has 1 heterocycles. The summed E-state index contributed by atoms with van der Waals surface area (Å²) in [4.78, 5) is 4.43. The van der Waals surface area contributed by atoms with Crippen LogP contribution in [-0.4, -0.2) is 26.8 Å². The van der Waals surface area contributed by atoms with Crippen LogP contribution < -0.4 is 5.32 Å². The maximum atomic E-state index is 4.43. The average molecular weight is 264 g/mol. The fourth-order valence-corrected chi connectivity index (χ4v) is 2.70. The summed E-state index contributed by atoms with van der Waals surface area (Å²) in [5.74, 6) is 2.73. The van der Waals surface area contributed by atoms with Crippen LogP contribution in [0.2, 0.25) is 0 Å². The Labute approximate surface area is 117 Å². The number of hydrogen-bond donors (Lipinski definition) is 1. The molecule has 1 aromatic heterocycles. The lowest BCUT2D eigenvalue weighted by molar-refractivity contribution is 0.155. The lowest BCUT2D eigenvalue weighted by Gasteiger charge is -2.38. The first-order valence-corrected chi connectivity index (χ1v) is 7.50. The second-order valence-corrected chi connectivity index (χ2v) is 7.15. The molecule has 0 aliphatic heterocycles. The Morgan fingerprint density at radius 2 is 2.00 bits per heavy atom. The van der Waals surface area contributed by atoms with E-state index in [1.807, 2.05) is 0 Å². The third kappa shape index (κ3) is 3.78. The Hall–Kier alpha value is -0.900. The maximum absolute atomic E-state index is 4.43. The van der Waals surface area contributed by atoms with Gasteiger partial charge in [-0.3, -0.25) is 0 Å². The summed E-state index contributed by atoms with van der Waals surface area (Å²) in [5.41, 5.74) is 0.220. The molecular weight excluding hydrogens is 236 g/mol. The van der Waals surface area contributed by atoms with E-state index in [2.05, 4.69) is 54.7 Å². The highest BCUT2D eigenvalue weighted by Gasteiger charge is 2.32. The molecule has 0 bridgehead atoms. The zero-order valence-electron chi connectivity index (χ0n) is 13.0. The van der Waals surface area contributed by atoms with Crippen molar-refractivity contribution < 1.29 is 0 Å². The molecule has 1 aliphatic carbocycles. The summed E-state index contributed by atoms with van der Waals surface area (Å²) < 4.78 is 2.06. The van der Waals surface area contributed by atoms with Crippen molar-refractivity contribution in [3.63, 3.8) is 0 Å². The van der Waals surface area contributed by atoms with Gasteiger partial charge < -0.3 is 5.32 Å². The molecule has 1 fully saturated rings. The van der Waals surface area contributed by atoms with Crippen LogP contribution in [-0.2, 0) is 6.42 Å². The van der Waals surface area contributed by atoms with E-state index in [4.69, 9.17) is 0 Å². The number of rotatable bonds is 5. The van der Waals surface area contributed by atoms with Crippen molar-refractivity contribution in [1.29, 1.82) is 0 Å². The van der Waals surface area contributed by atoms with Gasteiger partial charge in [0.15, 0.2) is 0 Å². The first-order chi connectivity index (χ1) is 8.87. The van der Waals surface area contributed by atoms with Crippen LogP contribution in [0.25, 0.3) is 0 Å². The van der Waals surface area contributed by atoms with Crippen molar-refractivity contribution in [3.8, 4) is 0 Å². The normalized spacial score (nSPS) is 23.7. The van der Waals surface area contributed by atoms with Gasteiger partial charge in [0, 0.05) is 18.0 Å². The minimum Gasteiger partial charge on any atom is -0.312 e. The highest BCUT2D eigenvalue weighted by atomic mass is 15.3. The van der Waals surface area contributed by atoms with Gasteiger partial charge in [-0.1, -0.05) is 0 Å². The van der Waals surface area contributed by atoms with Crippen LogP contribution in [0.3, 0.4) is 0 Å². The van der Waals surface area contributed by atoms with Gasteiger partial charge in [-0.2, -0.15) is 5.10 Å². The van der Waals surface area contributed by atoms with Crippen molar-refractivity contribution in [1.82, 2.24) is 20.1 Å². The second-order valence-electron chi connectivity index (χ2n) is 7.15. The highest BCUT2D eigenvalue weighted by molar-refractivity contribution is 4.95. The minimum atomic E-state index is 0.220. The lowest BCUT2D eigenvalue weighted by atomic mass is 9.71. The summed E-state index contributed by atoms with van der Waals surface area (Å²) in [6.07, 6.45) is 5.45. The van der Waals surface area contributed by atoms with Crippen LogP contribution in [0.1, 0.15) is 59.3 Å². The SMILES string of the molecule is CC(C)n1ncnc1CC1CCC1CNC(C)(C)C. The molecule has 1 aliphatic rings. The molecule has 0 amide bonds. The molecule has 0 saturated heterocycles. The molecule has 0 aromatic carbocycles. The Morgan fingerprint density at radius 1 is 1.32 bits per heavy atom. The van der Waals surface area contributed by atoms with Gasteiger partial charge in [0.05, 0.1) is 0 Å². The van der Waals surface area contributed by atoms with E-state index in [0.717, 1.165) is 30.6 Å². The summed E-state index contributed by atoms with van der Waals surface area (Å²) in [7, 11) is 0. The third-order valence-corrected chi connectivity index (χ3v) is 4.05. The molecule has 2 unspecified atom stereocenters. The van der Waals surface area contributed by atoms with Gasteiger partial charge in [0.25, 0.3) is 0 Å². The molecule has 4 heteroatoms. The molecule has 0 spiro atoms. The molecule has 108 valence electrons. The first kappa shape index (κ1) is 14.5. The van der Waals surface area contributed by atoms with Crippen LogP contribution in [0.5, 0.6) is 0 Å². The molecule has 1 saturated carbocycles. The molecule has 2 atom stereocenters. The number of nitrogens with zero attached hydrogens (tertiary/aromatic N) is 3. The second kappa shape index (κ2) is 5.61. The predicted molar refractivity (Wildman–Crippen MR) is 78.1 cm³/mol. The topological polar surface area (TPSA) is 42.7 Å². The maximum Gasteiger partial charge on any atom is 0.138 e. The van der Waals surface area contributed by atoms with Gasteiger partial charge in [-0.25, -0.2) is 9.67 Å². The van der Waals surface area contributed by atoms with Crippen LogP contribution >= 0.6 is 0 Å². The van der Waals surface area contributed by atoms with E-state index in [0.29, 0.717) is 6.04 Å². The summed E-state index contributed by atoms with van der Waals surface area (Å²) in [5, 5.41) is 7.96. The zero-order valence-corrected chi connectivity index (χ0v) is 13.0. The predicted octanol–water partition coefficient (Wildman–Crippen LogP) is 2.82. The monoisotopic (exact) mass is 264 g/mol. The summed E-state index contributed by atoms with van der Waals surface area (Å²) in [6.45, 7) is 12.2. The first-order valence-electron chi connectivity index (χ1n) is 7.50. The van der Waals surface area contributed by atoms with Gasteiger partial charge in [-0.05, 0) is 65.8 Å². The van der Waals surface area contributed by atoms with Crippen LogP contribution in [0.4, 0.5) is 0 Å². The summed E-state index contributed by atoms with van der Waals surface area (Å²) in [6, 6.07) is 0.406. The quantitative estimate of drug-likeness (QED) is 0.889. The van der Waals surface area contributed by atoms with E-state index >= 15 is 0 Å². The average Bonchev–Trinajstić information content (AvgIpc) is 2.70. The van der Waals surface area contributed by atoms with Crippen molar-refractivity contribution in [2.75, 3.05) is 6.54 Å². The van der Waals surface area contributed by atoms with Gasteiger partial charge in [0.2, 0.25) is 0 Å². The third-order valence-electron chi connectivity index (χ3n) is 4.05. The molecule has 0 radical (unpaired) electrons. The van der Waals surface area contributed by atoms with Crippen molar-refractivity contribution in [3.05, 3.63) is 12.2 Å². The van der Waals surface area contributed by atoms with E-state index in [1.54, 1.807) is 6.33 Å². The molecule has 2 rings (SSSR count). The van der Waals surface area contributed by atoms with Crippen molar-refractivity contribution in [2.24, 2.45) is 11.8 Å². The summed E-state index contributed by atoms with van der Waals surface area (Å²) >= 11 is 0. The number of aromatic nitrogens is 3. The minimum absolute atomic E-state index is 0.220. The standard InChI is InChI=1S/C15H28N4/c1-11(2)19-14(16-10-18-19)8-12-6-7-13(12)9-17-15(3,4)5/h10-13,17H,6-9H2,1-5H3. The number of nitrogens with one attached hydrogen (secondary N) is 1. The van der Waals surface area contributed by atoms with Crippen molar-refractivity contribution in [2.45, 2.75) is 65.5 Å². The van der Waals surface area contributed by atoms with Crippen LogP contribution in [0, 0.1) is 11.8 Å². The van der Waals surface area contributed by atoms with E-state index in [-0.39, 0.29) is 5.54 Å². The molecule has 1 aromatic rings. The Bertz CT molecular complexity index is 403. The Kier molecular flexibility index (Phi) is 4.29. The van der Waals surface area contributed by atoms with Gasteiger partial charge in [-0.15, -0.1) is 0 Å². The van der Waals surface area contributed by atoms with Crippen molar-refractivity contribution >= 4 is 0 Å². The molecule has 1 N–H and O–H groups in total. The highest BCUT2D eigenvalue weighted by Crippen LogP contribution is 2.36. The fraction of sp³-hybridized carbons (Fsp3) is 0.867. The van der Waals surface area contributed by atoms with E-state index in [9.17, 15) is 0 Å². The van der Waals surface area contributed by atoms with E-state index < -0.39 is 0 Å². The van der Waals surface area contributed by atoms with Gasteiger partial charge in [0.1, 0.15) is 12.2 Å².